The van der Waals surface area contributed by atoms with Crippen molar-refractivity contribution < 1.29 is 81.5 Å². The molecule has 0 saturated heterocycles. The number of aldehydes is 1. The Kier molecular flexibility index (Phi) is 45.7. The number of thiazole rings is 5. The summed E-state index contributed by atoms with van der Waals surface area (Å²) in [4.78, 5) is 144. The fourth-order valence-corrected chi connectivity index (χ4v) is 13.0. The van der Waals surface area contributed by atoms with Crippen molar-refractivity contribution in [2.45, 2.75) is 195 Å². The van der Waals surface area contributed by atoms with E-state index in [0.717, 1.165) is 87.9 Å². The van der Waals surface area contributed by atoms with Crippen molar-refractivity contribution in [3.05, 3.63) is 187 Å². The quantitative estimate of drug-likeness (QED) is 0.00944. The maximum absolute atomic E-state index is 12.4. The summed E-state index contributed by atoms with van der Waals surface area (Å²) in [6.07, 6.45) is 26.0. The fourth-order valence-electron chi connectivity index (χ4n) is 9.59. The van der Waals surface area contributed by atoms with Crippen molar-refractivity contribution in [2.24, 2.45) is 0 Å². The van der Waals surface area contributed by atoms with E-state index >= 15 is 0 Å². The molecule has 27 heteroatoms. The summed E-state index contributed by atoms with van der Waals surface area (Å²) in [5, 5.41) is 19.9. The molecule has 0 amide bonds. The Hall–Kier alpha value is -8.86. The van der Waals surface area contributed by atoms with Crippen LogP contribution >= 0.6 is 56.7 Å². The van der Waals surface area contributed by atoms with E-state index in [2.05, 4.69) is 81.5 Å². The third-order valence-electron chi connectivity index (χ3n) is 15.6. The first-order valence-corrected chi connectivity index (χ1v) is 39.6. The number of unbranched alkanes of at least 4 members (excludes halogenated alkanes) is 15. The Bertz CT molecular complexity index is 3920. The highest BCUT2D eigenvalue weighted by Crippen LogP contribution is 2.24. The number of benzene rings is 3. The Morgan fingerprint density at radius 3 is 1.01 bits per heavy atom. The van der Waals surface area contributed by atoms with E-state index in [9.17, 15) is 57.8 Å². The summed E-state index contributed by atoms with van der Waals surface area (Å²) in [6.45, 7) is 11.3. The Labute approximate surface area is 641 Å². The number of aliphatic hydroxyl groups excluding tert-OH is 1. The molecule has 8 aromatic rings. The molecule has 3 aromatic carbocycles. The molecule has 1 N–H and O–H groups in total. The molecular weight excluding hydrogens is 1450 g/mol. The molecule has 572 valence electrons. The maximum atomic E-state index is 12.4. The summed E-state index contributed by atoms with van der Waals surface area (Å²) in [5.74, 6) is -3.78. The lowest BCUT2D eigenvalue weighted by atomic mass is 10.00. The van der Waals surface area contributed by atoms with E-state index < -0.39 is 30.0 Å². The minimum absolute atomic E-state index is 0.0646. The van der Waals surface area contributed by atoms with Crippen LogP contribution in [0.15, 0.2) is 99.7 Å². The van der Waals surface area contributed by atoms with E-state index in [1.165, 1.54) is 208 Å². The highest BCUT2D eigenvalue weighted by Gasteiger charge is 2.22. The first-order chi connectivity index (χ1) is 51.0. The van der Waals surface area contributed by atoms with Crippen molar-refractivity contribution in [2.75, 3.05) is 35.5 Å². The molecule has 106 heavy (non-hydrogen) atoms. The van der Waals surface area contributed by atoms with Crippen LogP contribution in [0.2, 0.25) is 0 Å². The number of hydrogen-bond donors (Lipinski definition) is 1. The van der Waals surface area contributed by atoms with Gasteiger partial charge in [-0.1, -0.05) is 190 Å². The van der Waals surface area contributed by atoms with Crippen LogP contribution in [0.1, 0.15) is 309 Å². The Morgan fingerprint density at radius 2 is 0.689 bits per heavy atom. The van der Waals surface area contributed by atoms with Gasteiger partial charge in [-0.05, 0) is 67.7 Å². The predicted molar refractivity (Wildman–Crippen MR) is 415 cm³/mol. The molecule has 0 bridgehead atoms. The summed E-state index contributed by atoms with van der Waals surface area (Å²) in [5.41, 5.74) is 6.78. The van der Waals surface area contributed by atoms with E-state index in [1.807, 2.05) is 55.5 Å². The summed E-state index contributed by atoms with van der Waals surface area (Å²) in [7, 11) is 6.41. The van der Waals surface area contributed by atoms with Gasteiger partial charge in [0.25, 0.3) is 0 Å². The van der Waals surface area contributed by atoms with Crippen molar-refractivity contribution >= 4 is 122 Å². The number of ketones is 5. The fraction of sp³-hybridized carbons (Fsp3) is 0.443. The van der Waals surface area contributed by atoms with Gasteiger partial charge in [0.1, 0.15) is 6.29 Å². The average molecular weight is 1550 g/mol. The van der Waals surface area contributed by atoms with Gasteiger partial charge in [0.15, 0.2) is 77.4 Å². The molecular formula is C79H99N5O17S5. The molecule has 0 aliphatic heterocycles. The number of nitrogens with zero attached hydrogens (tertiary/aromatic N) is 5. The summed E-state index contributed by atoms with van der Waals surface area (Å²) < 4.78 is 22.5. The largest absolute Gasteiger partial charge is 0.464 e. The topological polar surface area (TPSA) is 319 Å². The number of carbonyl (C=O) groups excluding carboxylic acids is 11. The zero-order valence-electron chi connectivity index (χ0n) is 62.5. The lowest BCUT2D eigenvalue weighted by Gasteiger charge is -2.10. The second-order valence-electron chi connectivity index (χ2n) is 24.0. The minimum atomic E-state index is -0.888. The number of rotatable bonds is 37. The van der Waals surface area contributed by atoms with Gasteiger partial charge < -0.3 is 28.8 Å². The zero-order valence-corrected chi connectivity index (χ0v) is 66.6. The molecule has 5 aromatic heterocycles. The predicted octanol–water partition coefficient (Wildman–Crippen LogP) is 18.3. The first kappa shape index (κ1) is 91.3. The highest BCUT2D eigenvalue weighted by molar-refractivity contribution is 7.13. The Balaban J connectivity index is 0.000000346. The molecule has 0 saturated carbocycles. The van der Waals surface area contributed by atoms with Crippen molar-refractivity contribution in [1.29, 1.82) is 0 Å². The van der Waals surface area contributed by atoms with Gasteiger partial charge in [-0.25, -0.2) is 48.9 Å². The normalized spacial score (nSPS) is 10.6. The molecule has 0 fully saturated rings. The van der Waals surface area contributed by atoms with Crippen LogP contribution in [0.5, 0.6) is 0 Å². The number of aryl methyl sites for hydroxylation is 4. The van der Waals surface area contributed by atoms with E-state index in [0.29, 0.717) is 26.8 Å². The number of ether oxygens (including phenoxy) is 5. The molecule has 0 spiro atoms. The molecule has 5 heterocycles. The minimum Gasteiger partial charge on any atom is -0.464 e. The highest BCUT2D eigenvalue weighted by atomic mass is 32.1. The second kappa shape index (κ2) is 53.0. The number of aliphatic hydroxyl groups is 1. The maximum Gasteiger partial charge on any atom is 0.357 e. The van der Waals surface area contributed by atoms with E-state index in [-0.39, 0.29) is 80.5 Å². The second-order valence-corrected chi connectivity index (χ2v) is 28.5. The third kappa shape index (κ3) is 35.5. The van der Waals surface area contributed by atoms with Gasteiger partial charge in [-0.2, -0.15) is 0 Å². The molecule has 0 aliphatic rings. The van der Waals surface area contributed by atoms with Crippen LogP contribution in [0.25, 0.3) is 0 Å². The SMILES string of the molecule is CCCCCCCCc1ccc(C(=O)CC(=O)c2nc(C(=O)OC)cs2)cc1.CCCCCCCCc1ccc(C(O)CC(=O)c2nc(C(=O)OC)cs2)cc1.CCCCCCCCc1ccc(C=O)cc1.COC(=O)c1csc(C(C)=O)n1.COC(=O)c1csc(C(C)=O)n1.COC(=O)c1csc(C)n1. The molecule has 22 nitrogen and oxygen atoms in total. The molecule has 0 radical (unpaired) electrons. The first-order valence-electron chi connectivity index (χ1n) is 35.2. The molecule has 1 atom stereocenters. The standard InChI is InChI=1S/C22H29NO4S.C22H27NO4S.C15H22O.2C7H7NO3S.C6H7NO2S/c2*1-3-4-5-6-7-8-9-16-10-12-17(13-11-16)19(24)14-20(25)21-23-18(15-28-21)22(26)27-2;1-2-3-4-5-6-7-8-14-9-11-15(13-16)12-10-14;2*1-4(9)6-8-5(3-12-6)7(10)11-2;1-4-7-5(3-10-4)6(8)9-2/h10-13,15,19,24H,3-9,14H2,1-2H3;10-13,15H,3-9,14H2,1-2H3;9-13H,2-8H2,1H3;2*3H,1-2H3;3H,1-2H3. The number of methoxy groups -OCH3 is 5. The number of esters is 5. The van der Waals surface area contributed by atoms with Crippen LogP contribution in [-0.2, 0) is 42.9 Å². The van der Waals surface area contributed by atoms with Crippen LogP contribution in [0.4, 0.5) is 0 Å². The van der Waals surface area contributed by atoms with Gasteiger partial charge in [0, 0.05) is 58.3 Å². The van der Waals surface area contributed by atoms with Crippen molar-refractivity contribution in [3.63, 3.8) is 0 Å². The third-order valence-corrected chi connectivity index (χ3v) is 20.0. The smallest absolute Gasteiger partial charge is 0.357 e. The van der Waals surface area contributed by atoms with Crippen LogP contribution in [-0.4, -0.2) is 131 Å². The summed E-state index contributed by atoms with van der Waals surface area (Å²) >= 11 is 5.84. The van der Waals surface area contributed by atoms with Gasteiger partial charge in [-0.15, -0.1) is 56.7 Å². The monoisotopic (exact) mass is 1550 g/mol. The van der Waals surface area contributed by atoms with Gasteiger partial charge in [-0.3, -0.25) is 28.8 Å². The lowest BCUT2D eigenvalue weighted by Crippen LogP contribution is -2.09. The Morgan fingerprint density at radius 1 is 0.387 bits per heavy atom. The van der Waals surface area contributed by atoms with Gasteiger partial charge in [0.05, 0.1) is 53.1 Å². The number of carbonyl (C=O) groups is 11. The molecule has 0 aliphatic carbocycles. The number of aromatic nitrogens is 5. The number of hydrogen-bond acceptors (Lipinski definition) is 27. The van der Waals surface area contributed by atoms with Crippen LogP contribution in [0, 0.1) is 6.92 Å². The van der Waals surface area contributed by atoms with Crippen molar-refractivity contribution in [1.82, 2.24) is 24.9 Å². The van der Waals surface area contributed by atoms with E-state index in [1.54, 1.807) is 17.5 Å². The average Bonchev–Trinajstić information content (AvgIpc) is 1.65. The van der Waals surface area contributed by atoms with Crippen molar-refractivity contribution in [3.8, 4) is 0 Å². The van der Waals surface area contributed by atoms with Crippen LogP contribution in [0.3, 0.4) is 0 Å². The van der Waals surface area contributed by atoms with Gasteiger partial charge >= 0.3 is 29.8 Å². The van der Waals surface area contributed by atoms with E-state index in [4.69, 9.17) is 0 Å². The van der Waals surface area contributed by atoms with Crippen LogP contribution < -0.4 is 0 Å². The summed E-state index contributed by atoms with van der Waals surface area (Å²) in [6, 6.07) is 23.2. The van der Waals surface area contributed by atoms with Gasteiger partial charge in [0.2, 0.25) is 0 Å². The zero-order chi connectivity index (χ0) is 78.2. The number of Topliss-reactive ketones (excluding diaryl/α,β-unsaturated/α-hetero) is 5. The molecule has 8 rings (SSSR count). The molecule has 1 unspecified atom stereocenters. The lowest BCUT2D eigenvalue weighted by molar-refractivity contribution is 0.0586.